The van der Waals surface area contributed by atoms with E-state index in [9.17, 15) is 14.4 Å². The third kappa shape index (κ3) is 6.75. The molecule has 7 nitrogen and oxygen atoms in total. The molecule has 0 aliphatic carbocycles. The van der Waals surface area contributed by atoms with E-state index in [4.69, 9.17) is 9.47 Å². The van der Waals surface area contributed by atoms with E-state index in [-0.39, 0.29) is 12.6 Å². The summed E-state index contributed by atoms with van der Waals surface area (Å²) >= 11 is 0. The van der Waals surface area contributed by atoms with E-state index in [1.807, 2.05) is 44.2 Å². The standard InChI is InChI=1S/C21H24N2O5/c1-3-15(2)22-21(26)23-19(24)14-28-20(25)18-12-8-7-9-16(18)13-27-17-10-5-4-6-11-17/h4-12,15H,3,13-14H2,1-2H3,(H2,22,23,24,26)/t15-/m0/s1. The first-order valence-corrected chi connectivity index (χ1v) is 9.02. The summed E-state index contributed by atoms with van der Waals surface area (Å²) < 4.78 is 10.7. The number of rotatable bonds is 8. The van der Waals surface area contributed by atoms with Crippen LogP contribution in [-0.2, 0) is 16.1 Å². The maximum absolute atomic E-state index is 12.3. The lowest BCUT2D eigenvalue weighted by atomic mass is 10.1. The van der Waals surface area contributed by atoms with Gasteiger partial charge in [-0.1, -0.05) is 43.3 Å². The van der Waals surface area contributed by atoms with Gasteiger partial charge in [0.15, 0.2) is 6.61 Å². The number of nitrogens with one attached hydrogen (secondary N) is 2. The van der Waals surface area contributed by atoms with E-state index in [0.717, 1.165) is 6.42 Å². The number of imide groups is 1. The summed E-state index contributed by atoms with van der Waals surface area (Å²) in [6.45, 7) is 3.35. The summed E-state index contributed by atoms with van der Waals surface area (Å²) in [5, 5.41) is 4.72. The summed E-state index contributed by atoms with van der Waals surface area (Å²) in [5.74, 6) is -0.686. The molecule has 0 bridgehead atoms. The summed E-state index contributed by atoms with van der Waals surface area (Å²) in [7, 11) is 0. The molecular formula is C21H24N2O5. The van der Waals surface area contributed by atoms with Crippen molar-refractivity contribution in [3.63, 3.8) is 0 Å². The highest BCUT2D eigenvalue weighted by Crippen LogP contribution is 2.15. The molecule has 0 aromatic heterocycles. The Labute approximate surface area is 164 Å². The van der Waals surface area contributed by atoms with Crippen LogP contribution in [0.15, 0.2) is 54.6 Å². The third-order valence-corrected chi connectivity index (χ3v) is 3.95. The van der Waals surface area contributed by atoms with Gasteiger partial charge in [-0.05, 0) is 31.5 Å². The normalized spacial score (nSPS) is 11.2. The minimum absolute atomic E-state index is 0.0631. The van der Waals surface area contributed by atoms with E-state index in [0.29, 0.717) is 16.9 Å². The Morgan fingerprint density at radius 1 is 1.00 bits per heavy atom. The number of urea groups is 1. The van der Waals surface area contributed by atoms with Gasteiger partial charge in [-0.25, -0.2) is 9.59 Å². The van der Waals surface area contributed by atoms with Crippen molar-refractivity contribution < 1.29 is 23.9 Å². The van der Waals surface area contributed by atoms with Crippen molar-refractivity contribution in [2.45, 2.75) is 32.9 Å². The number of para-hydroxylation sites is 1. The minimum atomic E-state index is -0.702. The van der Waals surface area contributed by atoms with E-state index >= 15 is 0 Å². The van der Waals surface area contributed by atoms with Gasteiger partial charge in [-0.15, -0.1) is 0 Å². The summed E-state index contributed by atoms with van der Waals surface area (Å²) in [6.07, 6.45) is 0.735. The maximum Gasteiger partial charge on any atom is 0.339 e. The van der Waals surface area contributed by atoms with Gasteiger partial charge in [0.1, 0.15) is 12.4 Å². The molecule has 0 saturated carbocycles. The van der Waals surface area contributed by atoms with E-state index in [2.05, 4.69) is 10.6 Å². The largest absolute Gasteiger partial charge is 0.489 e. The molecule has 0 unspecified atom stereocenters. The fourth-order valence-corrected chi connectivity index (χ4v) is 2.26. The number of carbonyl (C=O) groups excluding carboxylic acids is 3. The first-order chi connectivity index (χ1) is 13.5. The molecule has 0 spiro atoms. The molecular weight excluding hydrogens is 360 g/mol. The van der Waals surface area contributed by atoms with Gasteiger partial charge in [-0.2, -0.15) is 0 Å². The fourth-order valence-electron chi connectivity index (χ4n) is 2.26. The molecule has 0 heterocycles. The average molecular weight is 384 g/mol. The molecule has 0 radical (unpaired) electrons. The topological polar surface area (TPSA) is 93.7 Å². The van der Waals surface area contributed by atoms with E-state index in [1.165, 1.54) is 0 Å². The Bertz CT molecular complexity index is 807. The molecule has 3 amide bonds. The minimum Gasteiger partial charge on any atom is -0.489 e. The van der Waals surface area contributed by atoms with Crippen LogP contribution in [0.4, 0.5) is 4.79 Å². The quantitative estimate of drug-likeness (QED) is 0.682. The highest BCUT2D eigenvalue weighted by molar-refractivity contribution is 5.97. The maximum atomic E-state index is 12.3. The van der Waals surface area contributed by atoms with Crippen LogP contribution in [0.3, 0.4) is 0 Å². The third-order valence-electron chi connectivity index (χ3n) is 3.95. The summed E-state index contributed by atoms with van der Waals surface area (Å²) in [5.41, 5.74) is 0.932. The van der Waals surface area contributed by atoms with Crippen LogP contribution in [0.2, 0.25) is 0 Å². The van der Waals surface area contributed by atoms with Gasteiger partial charge in [0.25, 0.3) is 5.91 Å². The number of hydrogen-bond acceptors (Lipinski definition) is 5. The van der Waals surface area contributed by atoms with Crippen LogP contribution in [0.5, 0.6) is 5.75 Å². The zero-order valence-electron chi connectivity index (χ0n) is 15.9. The summed E-state index contributed by atoms with van der Waals surface area (Å²) in [4.78, 5) is 35.7. The van der Waals surface area contributed by atoms with Gasteiger partial charge < -0.3 is 14.8 Å². The molecule has 7 heteroatoms. The molecule has 2 N–H and O–H groups in total. The molecule has 0 aliphatic rings. The number of benzene rings is 2. The van der Waals surface area contributed by atoms with Crippen LogP contribution in [-0.4, -0.2) is 30.6 Å². The molecule has 28 heavy (non-hydrogen) atoms. The first kappa shape index (κ1) is 21.0. The lowest BCUT2D eigenvalue weighted by molar-refractivity contribution is -0.123. The zero-order valence-corrected chi connectivity index (χ0v) is 15.9. The predicted molar refractivity (Wildman–Crippen MR) is 104 cm³/mol. The first-order valence-electron chi connectivity index (χ1n) is 9.02. The van der Waals surface area contributed by atoms with Crippen LogP contribution in [0, 0.1) is 0 Å². The molecule has 0 aliphatic heterocycles. The molecule has 148 valence electrons. The number of ether oxygens (including phenoxy) is 2. The predicted octanol–water partition coefficient (Wildman–Crippen LogP) is 3.05. The van der Waals surface area contributed by atoms with Gasteiger partial charge in [0.2, 0.25) is 0 Å². The van der Waals surface area contributed by atoms with Crippen molar-refractivity contribution in [1.82, 2.24) is 10.6 Å². The zero-order chi connectivity index (χ0) is 20.4. The molecule has 2 aromatic rings. The van der Waals surface area contributed by atoms with Gasteiger partial charge in [0, 0.05) is 11.6 Å². The monoisotopic (exact) mass is 384 g/mol. The Balaban J connectivity index is 1.88. The SMILES string of the molecule is CC[C@H](C)NC(=O)NC(=O)COC(=O)c1ccccc1COc1ccccc1. The highest BCUT2D eigenvalue weighted by Gasteiger charge is 2.16. The molecule has 2 aromatic carbocycles. The molecule has 0 fully saturated rings. The summed E-state index contributed by atoms with van der Waals surface area (Å²) in [6, 6.07) is 15.4. The van der Waals surface area contributed by atoms with Gasteiger partial charge in [0.05, 0.1) is 5.56 Å². The molecule has 0 saturated heterocycles. The average Bonchev–Trinajstić information content (AvgIpc) is 2.71. The van der Waals surface area contributed by atoms with Crippen molar-refractivity contribution in [1.29, 1.82) is 0 Å². The van der Waals surface area contributed by atoms with Gasteiger partial charge >= 0.3 is 12.0 Å². The van der Waals surface area contributed by atoms with Crippen molar-refractivity contribution in [3.05, 3.63) is 65.7 Å². The Kier molecular flexibility index (Phi) is 8.02. The van der Waals surface area contributed by atoms with E-state index < -0.39 is 24.5 Å². The van der Waals surface area contributed by atoms with Crippen molar-refractivity contribution in [3.8, 4) is 5.75 Å². The Morgan fingerprint density at radius 3 is 2.39 bits per heavy atom. The number of carbonyl (C=O) groups is 3. The smallest absolute Gasteiger partial charge is 0.339 e. The molecule has 2 rings (SSSR count). The number of hydrogen-bond donors (Lipinski definition) is 2. The van der Waals surface area contributed by atoms with Crippen molar-refractivity contribution >= 4 is 17.9 Å². The second kappa shape index (κ2) is 10.7. The Hall–Kier alpha value is -3.35. The number of esters is 1. The van der Waals surface area contributed by atoms with Crippen LogP contribution < -0.4 is 15.4 Å². The lowest BCUT2D eigenvalue weighted by Crippen LogP contribution is -2.44. The number of amides is 3. The van der Waals surface area contributed by atoms with E-state index in [1.54, 1.807) is 24.3 Å². The van der Waals surface area contributed by atoms with Crippen LogP contribution in [0.25, 0.3) is 0 Å². The molecule has 1 atom stereocenters. The van der Waals surface area contributed by atoms with Crippen LogP contribution >= 0.6 is 0 Å². The van der Waals surface area contributed by atoms with Crippen LogP contribution in [0.1, 0.15) is 36.2 Å². The second-order valence-corrected chi connectivity index (χ2v) is 6.17. The fraction of sp³-hybridized carbons (Fsp3) is 0.286. The van der Waals surface area contributed by atoms with Gasteiger partial charge in [-0.3, -0.25) is 10.1 Å². The second-order valence-electron chi connectivity index (χ2n) is 6.17. The lowest BCUT2D eigenvalue weighted by Gasteiger charge is -2.12. The highest BCUT2D eigenvalue weighted by atomic mass is 16.5. The Morgan fingerprint density at radius 2 is 1.68 bits per heavy atom. The van der Waals surface area contributed by atoms with Crippen molar-refractivity contribution in [2.75, 3.05) is 6.61 Å². The van der Waals surface area contributed by atoms with Crippen molar-refractivity contribution in [2.24, 2.45) is 0 Å².